The van der Waals surface area contributed by atoms with Crippen LogP contribution >= 0.6 is 0 Å². The molecule has 3 aromatic rings. The molecule has 156 valence electrons. The van der Waals surface area contributed by atoms with Crippen molar-refractivity contribution < 1.29 is 36.7 Å². The van der Waals surface area contributed by atoms with Crippen molar-refractivity contribution >= 4 is 11.9 Å². The van der Waals surface area contributed by atoms with Gasteiger partial charge < -0.3 is 13.9 Å². The van der Waals surface area contributed by atoms with Crippen LogP contribution in [0.25, 0.3) is 22.8 Å². The molecule has 1 heterocycles. The van der Waals surface area contributed by atoms with E-state index in [0.717, 1.165) is 12.1 Å². The lowest BCUT2D eigenvalue weighted by molar-refractivity contribution is -0.137. The first-order valence-electron chi connectivity index (χ1n) is 8.83. The van der Waals surface area contributed by atoms with Crippen molar-refractivity contribution in [2.24, 2.45) is 0 Å². The van der Waals surface area contributed by atoms with E-state index < -0.39 is 23.7 Å². The summed E-state index contributed by atoms with van der Waals surface area (Å²) in [4.78, 5) is 27.5. The molecule has 2 aromatic carbocycles. The zero-order valence-electron chi connectivity index (χ0n) is 15.9. The third-order valence-corrected chi connectivity index (χ3v) is 3.93. The standard InChI is InChI=1S/C21H16F3NO5/c1-3-28-20(27)17-18(13-6-10-16(11-7-13)29-12(2)26)30-19(25-17)14-4-8-15(9-5-14)21(22,23)24/h4-11H,3H2,1-2H3. The Morgan fingerprint density at radius 3 is 2.13 bits per heavy atom. The summed E-state index contributed by atoms with van der Waals surface area (Å²) in [5, 5.41) is 0. The van der Waals surface area contributed by atoms with Crippen molar-refractivity contribution in [3.05, 3.63) is 59.8 Å². The normalized spacial score (nSPS) is 11.2. The van der Waals surface area contributed by atoms with Gasteiger partial charge in [-0.1, -0.05) is 0 Å². The van der Waals surface area contributed by atoms with Crippen molar-refractivity contribution in [3.8, 4) is 28.5 Å². The number of rotatable bonds is 5. The van der Waals surface area contributed by atoms with Crippen molar-refractivity contribution in [1.82, 2.24) is 4.98 Å². The van der Waals surface area contributed by atoms with Gasteiger partial charge in [-0.3, -0.25) is 4.79 Å². The Labute approximate surface area is 169 Å². The predicted octanol–water partition coefficient (Wildman–Crippen LogP) is 5.13. The molecule has 0 bridgehead atoms. The highest BCUT2D eigenvalue weighted by molar-refractivity contribution is 5.94. The van der Waals surface area contributed by atoms with E-state index >= 15 is 0 Å². The second-order valence-corrected chi connectivity index (χ2v) is 6.11. The first kappa shape index (κ1) is 21.1. The highest BCUT2D eigenvalue weighted by Crippen LogP contribution is 2.34. The number of aromatic nitrogens is 1. The molecule has 6 nitrogen and oxygen atoms in total. The van der Waals surface area contributed by atoms with Gasteiger partial charge in [0.25, 0.3) is 0 Å². The summed E-state index contributed by atoms with van der Waals surface area (Å²) in [5.74, 6) is -0.882. The van der Waals surface area contributed by atoms with Crippen LogP contribution in [0.15, 0.2) is 52.9 Å². The molecular formula is C21H16F3NO5. The van der Waals surface area contributed by atoms with Gasteiger partial charge >= 0.3 is 18.1 Å². The molecule has 0 aliphatic heterocycles. The van der Waals surface area contributed by atoms with Crippen LogP contribution in [-0.2, 0) is 15.7 Å². The minimum atomic E-state index is -4.47. The minimum absolute atomic E-state index is 0.0363. The molecule has 0 saturated heterocycles. The smallest absolute Gasteiger partial charge is 0.416 e. The SMILES string of the molecule is CCOC(=O)c1nc(-c2ccc(C(F)(F)F)cc2)oc1-c1ccc(OC(C)=O)cc1. The topological polar surface area (TPSA) is 78.6 Å². The van der Waals surface area contributed by atoms with Crippen LogP contribution in [0, 0.1) is 0 Å². The van der Waals surface area contributed by atoms with Gasteiger partial charge in [0.1, 0.15) is 5.75 Å². The molecule has 30 heavy (non-hydrogen) atoms. The number of oxazole rings is 1. The Bertz CT molecular complexity index is 1050. The largest absolute Gasteiger partial charge is 0.461 e. The summed E-state index contributed by atoms with van der Waals surface area (Å²) in [7, 11) is 0. The molecule has 0 aliphatic rings. The van der Waals surface area contributed by atoms with E-state index in [0.29, 0.717) is 11.3 Å². The molecule has 0 N–H and O–H groups in total. The van der Waals surface area contributed by atoms with Crippen molar-refractivity contribution in [1.29, 1.82) is 0 Å². The maximum absolute atomic E-state index is 12.8. The fraction of sp³-hybridized carbons (Fsp3) is 0.190. The molecule has 0 saturated carbocycles. The molecule has 3 rings (SSSR count). The number of esters is 2. The molecule has 0 atom stereocenters. The van der Waals surface area contributed by atoms with Crippen LogP contribution in [0.2, 0.25) is 0 Å². The van der Waals surface area contributed by atoms with Gasteiger partial charge in [0, 0.05) is 18.1 Å². The van der Waals surface area contributed by atoms with Gasteiger partial charge in [-0.05, 0) is 55.5 Å². The van der Waals surface area contributed by atoms with E-state index in [1.165, 1.54) is 31.2 Å². The summed E-state index contributed by atoms with van der Waals surface area (Å²) < 4.78 is 54.0. The molecular weight excluding hydrogens is 403 g/mol. The van der Waals surface area contributed by atoms with Gasteiger partial charge in [-0.2, -0.15) is 13.2 Å². The van der Waals surface area contributed by atoms with E-state index in [4.69, 9.17) is 13.9 Å². The van der Waals surface area contributed by atoms with Crippen molar-refractivity contribution in [2.45, 2.75) is 20.0 Å². The number of hydrogen-bond acceptors (Lipinski definition) is 6. The Kier molecular flexibility index (Phi) is 5.91. The van der Waals surface area contributed by atoms with Crippen LogP contribution < -0.4 is 4.74 Å². The van der Waals surface area contributed by atoms with Gasteiger partial charge in [-0.15, -0.1) is 0 Å². The van der Waals surface area contributed by atoms with Crippen molar-refractivity contribution in [3.63, 3.8) is 0 Å². The number of benzene rings is 2. The molecule has 0 spiro atoms. The average molecular weight is 419 g/mol. The van der Waals surface area contributed by atoms with E-state index in [1.807, 2.05) is 0 Å². The second kappa shape index (κ2) is 8.40. The first-order valence-corrected chi connectivity index (χ1v) is 8.83. The van der Waals surface area contributed by atoms with Gasteiger partial charge in [0.2, 0.25) is 5.89 Å². The lowest BCUT2D eigenvalue weighted by Crippen LogP contribution is -2.06. The number of ether oxygens (including phenoxy) is 2. The van der Waals surface area contributed by atoms with Crippen molar-refractivity contribution in [2.75, 3.05) is 6.61 Å². The third kappa shape index (κ3) is 4.68. The van der Waals surface area contributed by atoms with Crippen LogP contribution in [-0.4, -0.2) is 23.5 Å². The predicted molar refractivity (Wildman–Crippen MR) is 99.6 cm³/mol. The fourth-order valence-corrected chi connectivity index (χ4v) is 2.62. The van der Waals surface area contributed by atoms with E-state index in [9.17, 15) is 22.8 Å². The summed E-state index contributed by atoms with van der Waals surface area (Å²) >= 11 is 0. The summed E-state index contributed by atoms with van der Waals surface area (Å²) in [6.45, 7) is 2.99. The zero-order chi connectivity index (χ0) is 21.9. The number of halogens is 3. The Morgan fingerprint density at radius 1 is 1.00 bits per heavy atom. The number of carbonyl (C=O) groups excluding carboxylic acids is 2. The van der Waals surface area contributed by atoms with Crippen LogP contribution in [0.3, 0.4) is 0 Å². The summed E-state index contributed by atoms with van der Waals surface area (Å²) in [6.07, 6.45) is -4.47. The highest BCUT2D eigenvalue weighted by atomic mass is 19.4. The Morgan fingerprint density at radius 2 is 1.60 bits per heavy atom. The lowest BCUT2D eigenvalue weighted by atomic mass is 10.1. The second-order valence-electron chi connectivity index (χ2n) is 6.11. The molecule has 0 fully saturated rings. The summed E-state index contributed by atoms with van der Waals surface area (Å²) in [6, 6.07) is 10.3. The number of carbonyl (C=O) groups is 2. The Hall–Kier alpha value is -3.62. The lowest BCUT2D eigenvalue weighted by Gasteiger charge is -2.06. The van der Waals surface area contributed by atoms with Crippen LogP contribution in [0.1, 0.15) is 29.9 Å². The minimum Gasteiger partial charge on any atom is -0.461 e. The fourth-order valence-electron chi connectivity index (χ4n) is 2.62. The molecule has 9 heteroatoms. The van der Waals surface area contributed by atoms with Gasteiger partial charge in [-0.25, -0.2) is 9.78 Å². The number of nitrogens with zero attached hydrogens (tertiary/aromatic N) is 1. The third-order valence-electron chi connectivity index (χ3n) is 3.93. The number of hydrogen-bond donors (Lipinski definition) is 0. The highest BCUT2D eigenvalue weighted by Gasteiger charge is 2.30. The zero-order valence-corrected chi connectivity index (χ0v) is 15.9. The maximum atomic E-state index is 12.8. The average Bonchev–Trinajstić information content (AvgIpc) is 3.13. The molecule has 0 aliphatic carbocycles. The van der Waals surface area contributed by atoms with E-state index in [1.54, 1.807) is 19.1 Å². The van der Waals surface area contributed by atoms with Gasteiger partial charge in [0.15, 0.2) is 11.5 Å². The first-order chi connectivity index (χ1) is 14.2. The monoisotopic (exact) mass is 419 g/mol. The van der Waals surface area contributed by atoms with Gasteiger partial charge in [0.05, 0.1) is 12.2 Å². The maximum Gasteiger partial charge on any atom is 0.416 e. The van der Waals surface area contributed by atoms with Crippen LogP contribution in [0.5, 0.6) is 5.75 Å². The molecule has 0 radical (unpaired) electrons. The van der Waals surface area contributed by atoms with E-state index in [-0.39, 0.29) is 29.5 Å². The molecule has 1 aromatic heterocycles. The molecule has 0 amide bonds. The Balaban J connectivity index is 2.01. The molecule has 0 unspecified atom stereocenters. The van der Waals surface area contributed by atoms with Crippen LogP contribution in [0.4, 0.5) is 13.2 Å². The quantitative estimate of drug-likeness (QED) is 0.421. The summed E-state index contributed by atoms with van der Waals surface area (Å²) in [5.41, 5.74) is -0.229. The van der Waals surface area contributed by atoms with E-state index in [2.05, 4.69) is 4.98 Å². The number of alkyl halides is 3.